The Balaban J connectivity index is 1.58. The van der Waals surface area contributed by atoms with Crippen LogP contribution in [-0.4, -0.2) is 21.4 Å². The van der Waals surface area contributed by atoms with E-state index in [-0.39, 0.29) is 30.0 Å². The number of pyridine rings is 1. The zero-order chi connectivity index (χ0) is 21.7. The number of rotatable bonds is 6. The molecular weight excluding hydrogens is 421 g/mol. The number of nitrogens with zero attached hydrogens (tertiary/aromatic N) is 2. The first-order chi connectivity index (χ1) is 14.2. The van der Waals surface area contributed by atoms with Gasteiger partial charge in [-0.05, 0) is 23.8 Å². The normalized spacial score (nSPS) is 11.2. The lowest BCUT2D eigenvalue weighted by Crippen LogP contribution is -2.31. The summed E-state index contributed by atoms with van der Waals surface area (Å²) in [5.41, 5.74) is 0.925. The molecule has 3 aromatic rings. The number of carbonyl (C=O) groups excluding carboxylic acids is 2. The summed E-state index contributed by atoms with van der Waals surface area (Å²) >= 11 is 1.26. The maximum Gasteiger partial charge on any atom is 0.416 e. The topological polar surface area (TPSA) is 93.1 Å². The zero-order valence-corrected chi connectivity index (χ0v) is 16.1. The van der Waals surface area contributed by atoms with E-state index < -0.39 is 29.1 Å². The number of anilines is 1. The van der Waals surface area contributed by atoms with E-state index in [9.17, 15) is 27.6 Å². The van der Waals surface area contributed by atoms with E-state index in [4.69, 9.17) is 0 Å². The van der Waals surface area contributed by atoms with E-state index in [2.05, 4.69) is 15.6 Å². The largest absolute Gasteiger partial charge is 0.416 e. The Morgan fingerprint density at radius 2 is 1.97 bits per heavy atom. The van der Waals surface area contributed by atoms with Crippen molar-refractivity contribution in [1.82, 2.24) is 14.9 Å². The van der Waals surface area contributed by atoms with Crippen LogP contribution in [0.5, 0.6) is 0 Å². The molecule has 0 bridgehead atoms. The van der Waals surface area contributed by atoms with Gasteiger partial charge in [-0.2, -0.15) is 13.2 Å². The van der Waals surface area contributed by atoms with Gasteiger partial charge >= 0.3 is 6.18 Å². The second-order valence-electron chi connectivity index (χ2n) is 6.18. The summed E-state index contributed by atoms with van der Waals surface area (Å²) < 4.78 is 39.3. The summed E-state index contributed by atoms with van der Waals surface area (Å²) in [7, 11) is 0. The third-order valence-corrected chi connectivity index (χ3v) is 4.56. The van der Waals surface area contributed by atoms with E-state index in [1.165, 1.54) is 41.2 Å². The second-order valence-corrected chi connectivity index (χ2v) is 6.90. The summed E-state index contributed by atoms with van der Waals surface area (Å²) in [5, 5.41) is 6.57. The molecular formula is C19H15F3N4O3S. The second kappa shape index (κ2) is 8.91. The molecule has 1 aromatic carbocycles. The summed E-state index contributed by atoms with van der Waals surface area (Å²) in [6, 6.07) is 7.22. The van der Waals surface area contributed by atoms with Crippen LogP contribution >= 0.6 is 11.3 Å². The number of halogens is 3. The number of carbonyl (C=O) groups is 2. The molecule has 0 aliphatic heterocycles. The van der Waals surface area contributed by atoms with Crippen molar-refractivity contribution in [1.29, 1.82) is 0 Å². The number of aromatic nitrogens is 2. The van der Waals surface area contributed by atoms with Crippen LogP contribution in [0.3, 0.4) is 0 Å². The monoisotopic (exact) mass is 436 g/mol. The summed E-state index contributed by atoms with van der Waals surface area (Å²) in [6.07, 6.45) is -3.13. The van der Waals surface area contributed by atoms with Crippen LogP contribution in [0.4, 0.5) is 18.9 Å². The van der Waals surface area contributed by atoms with E-state index >= 15 is 0 Å². The van der Waals surface area contributed by atoms with Crippen molar-refractivity contribution in [3.8, 4) is 0 Å². The quantitative estimate of drug-likeness (QED) is 0.622. The Hall–Kier alpha value is -3.47. The molecule has 30 heavy (non-hydrogen) atoms. The molecule has 2 aromatic heterocycles. The molecule has 156 valence electrons. The fourth-order valence-electron chi connectivity index (χ4n) is 2.50. The smallest absolute Gasteiger partial charge is 0.350 e. The first-order valence-electron chi connectivity index (χ1n) is 8.55. The Bertz CT molecular complexity index is 1110. The van der Waals surface area contributed by atoms with Crippen molar-refractivity contribution in [2.45, 2.75) is 19.3 Å². The lowest BCUT2D eigenvalue weighted by Gasteiger charge is -2.11. The molecule has 0 saturated heterocycles. The minimum absolute atomic E-state index is 0.112. The highest BCUT2D eigenvalue weighted by molar-refractivity contribution is 7.07. The molecule has 0 spiro atoms. The SMILES string of the molecule is O=C(Cn1ccc(NC(=O)c2cscn2)cc1=O)NCc1cccc(C(F)(F)F)c1. The predicted molar refractivity (Wildman–Crippen MR) is 104 cm³/mol. The molecule has 0 aliphatic carbocycles. The Morgan fingerprint density at radius 1 is 1.17 bits per heavy atom. The van der Waals surface area contributed by atoms with Crippen molar-refractivity contribution in [3.63, 3.8) is 0 Å². The molecule has 0 radical (unpaired) electrons. The van der Waals surface area contributed by atoms with Crippen molar-refractivity contribution in [3.05, 3.63) is 80.7 Å². The van der Waals surface area contributed by atoms with E-state index in [1.807, 2.05) is 0 Å². The van der Waals surface area contributed by atoms with Gasteiger partial charge in [-0.1, -0.05) is 12.1 Å². The molecule has 0 aliphatic rings. The van der Waals surface area contributed by atoms with Gasteiger partial charge in [0.15, 0.2) is 0 Å². The van der Waals surface area contributed by atoms with Crippen molar-refractivity contribution in [2.24, 2.45) is 0 Å². The van der Waals surface area contributed by atoms with Crippen LogP contribution in [0.2, 0.25) is 0 Å². The van der Waals surface area contributed by atoms with Gasteiger partial charge in [0.2, 0.25) is 5.91 Å². The molecule has 2 N–H and O–H groups in total. The number of nitrogens with one attached hydrogen (secondary N) is 2. The number of alkyl halides is 3. The van der Waals surface area contributed by atoms with Gasteiger partial charge in [0.1, 0.15) is 12.2 Å². The minimum atomic E-state index is -4.47. The average Bonchev–Trinajstić information content (AvgIpc) is 3.23. The van der Waals surface area contributed by atoms with Gasteiger partial charge in [0.05, 0.1) is 11.1 Å². The standard InChI is InChI=1S/C19H15F3N4O3S/c20-19(21,22)13-3-1-2-12(6-13)8-23-16(27)9-26-5-4-14(7-17(26)28)25-18(29)15-10-30-11-24-15/h1-7,10-11H,8-9H2,(H,23,27)(H,25,29). The number of benzene rings is 1. The van der Waals surface area contributed by atoms with Crippen LogP contribution in [0.15, 0.2) is 58.3 Å². The predicted octanol–water partition coefficient (Wildman–Crippen LogP) is 2.89. The van der Waals surface area contributed by atoms with Crippen LogP contribution in [0, 0.1) is 0 Å². The first-order valence-corrected chi connectivity index (χ1v) is 9.49. The lowest BCUT2D eigenvalue weighted by molar-refractivity contribution is -0.137. The third kappa shape index (κ3) is 5.54. The highest BCUT2D eigenvalue weighted by Gasteiger charge is 2.30. The number of thiazole rings is 1. The van der Waals surface area contributed by atoms with Gasteiger partial charge in [-0.15, -0.1) is 11.3 Å². The van der Waals surface area contributed by atoms with Gasteiger partial charge in [0.25, 0.3) is 11.5 Å². The fourth-order valence-corrected chi connectivity index (χ4v) is 3.04. The molecule has 2 heterocycles. The van der Waals surface area contributed by atoms with Crippen LogP contribution < -0.4 is 16.2 Å². The van der Waals surface area contributed by atoms with E-state index in [1.54, 1.807) is 5.38 Å². The average molecular weight is 436 g/mol. The molecule has 0 unspecified atom stereocenters. The fraction of sp³-hybridized carbons (Fsp3) is 0.158. The van der Waals surface area contributed by atoms with E-state index in [0.29, 0.717) is 0 Å². The maximum atomic E-state index is 12.7. The molecule has 0 saturated carbocycles. The van der Waals surface area contributed by atoms with Gasteiger partial charge in [-0.3, -0.25) is 14.4 Å². The summed E-state index contributed by atoms with van der Waals surface area (Å²) in [6.45, 7) is -0.433. The molecule has 3 rings (SSSR count). The Labute approximate surface area is 172 Å². The highest BCUT2D eigenvalue weighted by atomic mass is 32.1. The Kier molecular flexibility index (Phi) is 6.31. The minimum Gasteiger partial charge on any atom is -0.350 e. The molecule has 11 heteroatoms. The number of amides is 2. The molecule has 0 atom stereocenters. The Morgan fingerprint density at radius 3 is 2.63 bits per heavy atom. The zero-order valence-electron chi connectivity index (χ0n) is 15.3. The number of hydrogen-bond acceptors (Lipinski definition) is 5. The van der Waals surface area contributed by atoms with Gasteiger partial charge in [-0.25, -0.2) is 4.98 Å². The van der Waals surface area contributed by atoms with E-state index in [0.717, 1.165) is 22.8 Å². The van der Waals surface area contributed by atoms with Crippen LogP contribution in [-0.2, 0) is 24.1 Å². The number of hydrogen-bond donors (Lipinski definition) is 2. The van der Waals surface area contributed by atoms with Crippen molar-refractivity contribution in [2.75, 3.05) is 5.32 Å². The molecule has 2 amide bonds. The third-order valence-electron chi connectivity index (χ3n) is 3.98. The maximum absolute atomic E-state index is 12.7. The van der Waals surface area contributed by atoms with Gasteiger partial charge < -0.3 is 15.2 Å². The van der Waals surface area contributed by atoms with Gasteiger partial charge in [0, 0.05) is 29.9 Å². The van der Waals surface area contributed by atoms with Crippen molar-refractivity contribution >= 4 is 28.8 Å². The van der Waals surface area contributed by atoms with Crippen LogP contribution in [0.1, 0.15) is 21.6 Å². The molecule has 7 nitrogen and oxygen atoms in total. The lowest BCUT2D eigenvalue weighted by atomic mass is 10.1. The van der Waals surface area contributed by atoms with Crippen LogP contribution in [0.25, 0.3) is 0 Å². The summed E-state index contributed by atoms with van der Waals surface area (Å²) in [4.78, 5) is 40.0. The van der Waals surface area contributed by atoms with Crippen molar-refractivity contribution < 1.29 is 22.8 Å². The first kappa shape index (κ1) is 21.2. The molecule has 0 fully saturated rings. The summed E-state index contributed by atoms with van der Waals surface area (Å²) in [5.74, 6) is -1.01. The highest BCUT2D eigenvalue weighted by Crippen LogP contribution is 2.29.